The summed E-state index contributed by atoms with van der Waals surface area (Å²) < 4.78 is 5.41. The first kappa shape index (κ1) is 21.2. The van der Waals surface area contributed by atoms with Crippen molar-refractivity contribution in [1.82, 2.24) is 0 Å². The second-order valence-corrected chi connectivity index (χ2v) is 14.5. The van der Waals surface area contributed by atoms with Crippen molar-refractivity contribution in [3.63, 3.8) is 0 Å². The van der Waals surface area contributed by atoms with Gasteiger partial charge in [0.25, 0.3) is 0 Å². The molecule has 31 heavy (non-hydrogen) atoms. The third kappa shape index (κ3) is 4.24. The highest BCUT2D eigenvalue weighted by Crippen LogP contribution is 2.44. The van der Waals surface area contributed by atoms with Crippen LogP contribution in [0, 0.1) is 0 Å². The number of ether oxygens (including phenoxy) is 1. The molecule has 1 aliphatic heterocycles. The number of benzene rings is 3. The van der Waals surface area contributed by atoms with Gasteiger partial charge in [-0.1, -0.05) is 80.3 Å². The highest BCUT2D eigenvalue weighted by Gasteiger charge is 2.40. The van der Waals surface area contributed by atoms with Gasteiger partial charge in [-0.25, -0.2) is 0 Å². The van der Waals surface area contributed by atoms with Gasteiger partial charge in [-0.05, 0) is 59.5 Å². The van der Waals surface area contributed by atoms with E-state index in [0.717, 1.165) is 5.75 Å². The van der Waals surface area contributed by atoms with Crippen LogP contribution >= 0.6 is 0 Å². The number of allylic oxidation sites excluding steroid dienone is 3. The van der Waals surface area contributed by atoms with Gasteiger partial charge >= 0.3 is 0 Å². The Labute approximate surface area is 187 Å². The van der Waals surface area contributed by atoms with Crippen LogP contribution in [0.25, 0.3) is 11.1 Å². The zero-order valence-corrected chi connectivity index (χ0v) is 20.1. The molecule has 3 heteroatoms. The van der Waals surface area contributed by atoms with E-state index in [9.17, 15) is 0 Å². The average Bonchev–Trinajstić information content (AvgIpc) is 2.79. The summed E-state index contributed by atoms with van der Waals surface area (Å²) in [5.41, 5.74) is 8.13. The number of hydrogen-bond donors (Lipinski definition) is 0. The summed E-state index contributed by atoms with van der Waals surface area (Å²) in [7, 11) is 0.0260. The minimum absolute atomic E-state index is 0.309. The minimum Gasteiger partial charge on any atom is -0.497 e. The molecule has 3 aromatic carbocycles. The lowest BCUT2D eigenvalue weighted by molar-refractivity contribution is 0.415. The molecular weight excluding hydrogens is 394 g/mol. The van der Waals surface area contributed by atoms with Crippen molar-refractivity contribution in [2.24, 2.45) is 0 Å². The molecule has 4 rings (SSSR count). The summed E-state index contributed by atoms with van der Waals surface area (Å²) in [4.78, 5) is 2.54. The molecule has 0 aromatic heterocycles. The van der Waals surface area contributed by atoms with E-state index in [1.54, 1.807) is 7.11 Å². The third-order valence-corrected chi connectivity index (χ3v) is 8.08. The predicted molar refractivity (Wildman–Crippen MR) is 136 cm³/mol. The van der Waals surface area contributed by atoms with Gasteiger partial charge in [-0.3, -0.25) is 0 Å². The van der Waals surface area contributed by atoms with E-state index < -0.39 is 8.07 Å². The molecule has 0 radical (unpaired) electrons. The first-order valence-corrected chi connectivity index (χ1v) is 14.4. The fourth-order valence-electron chi connectivity index (χ4n) is 4.54. The Morgan fingerprint density at radius 2 is 1.29 bits per heavy atom. The molecule has 0 spiro atoms. The smallest absolute Gasteiger partial charge is 0.119 e. The summed E-state index contributed by atoms with van der Waals surface area (Å²) in [6, 6.07) is 30.2. The maximum atomic E-state index is 5.41. The highest BCUT2D eigenvalue weighted by molar-refractivity contribution is 6.80. The Hall–Kier alpha value is -3.04. The highest BCUT2D eigenvalue weighted by atomic mass is 28.3. The van der Waals surface area contributed by atoms with Crippen molar-refractivity contribution in [1.29, 1.82) is 0 Å². The van der Waals surface area contributed by atoms with Crippen LogP contribution in [0.1, 0.15) is 18.1 Å². The molecule has 0 unspecified atom stereocenters. The zero-order chi connectivity index (χ0) is 22.0. The molecule has 2 nitrogen and oxygen atoms in total. The lowest BCUT2D eigenvalue weighted by atomic mass is 9.90. The van der Waals surface area contributed by atoms with Gasteiger partial charge in [0.1, 0.15) is 5.75 Å². The Kier molecular flexibility index (Phi) is 5.88. The largest absolute Gasteiger partial charge is 0.497 e. The molecule has 158 valence electrons. The van der Waals surface area contributed by atoms with Gasteiger partial charge < -0.3 is 9.64 Å². The fraction of sp³-hybridized carbons (Fsp3) is 0.214. The van der Waals surface area contributed by atoms with E-state index in [1.165, 1.54) is 33.7 Å². The second kappa shape index (κ2) is 8.60. The number of anilines is 1. The summed E-state index contributed by atoms with van der Waals surface area (Å²) in [6.07, 6.45) is 2.36. The van der Waals surface area contributed by atoms with Crippen molar-refractivity contribution in [2.45, 2.75) is 32.2 Å². The summed E-state index contributed by atoms with van der Waals surface area (Å²) in [5, 5.41) is 0. The zero-order valence-electron chi connectivity index (χ0n) is 19.1. The Morgan fingerprint density at radius 3 is 1.81 bits per heavy atom. The third-order valence-electron chi connectivity index (χ3n) is 5.90. The monoisotopic (exact) mass is 425 g/mol. The van der Waals surface area contributed by atoms with Crippen LogP contribution in [0.5, 0.6) is 5.75 Å². The predicted octanol–water partition coefficient (Wildman–Crippen LogP) is 7.28. The molecular formula is C28H31NOSi. The summed E-state index contributed by atoms with van der Waals surface area (Å²) in [6.45, 7) is 9.65. The average molecular weight is 426 g/mol. The van der Waals surface area contributed by atoms with Crippen molar-refractivity contribution in [3.8, 4) is 5.75 Å². The number of hydrogen-bond acceptors (Lipinski definition) is 2. The van der Waals surface area contributed by atoms with Crippen LogP contribution in [-0.2, 0) is 0 Å². The molecule has 1 aliphatic rings. The van der Waals surface area contributed by atoms with Crippen LogP contribution in [0.3, 0.4) is 0 Å². The van der Waals surface area contributed by atoms with E-state index >= 15 is 0 Å². The molecule has 0 fully saturated rings. The molecule has 1 heterocycles. The van der Waals surface area contributed by atoms with Gasteiger partial charge in [0.15, 0.2) is 0 Å². The summed E-state index contributed by atoms with van der Waals surface area (Å²) in [5.74, 6) is 0.885. The van der Waals surface area contributed by atoms with Crippen molar-refractivity contribution in [3.05, 3.63) is 108 Å². The van der Waals surface area contributed by atoms with Gasteiger partial charge in [0, 0.05) is 11.4 Å². The van der Waals surface area contributed by atoms with Crippen molar-refractivity contribution < 1.29 is 4.74 Å². The van der Waals surface area contributed by atoms with Crippen LogP contribution in [0.2, 0.25) is 19.6 Å². The molecule has 0 N–H and O–H groups in total. The van der Waals surface area contributed by atoms with Crippen LogP contribution in [0.4, 0.5) is 5.69 Å². The molecule has 1 atom stereocenters. The molecule has 0 aliphatic carbocycles. The van der Waals surface area contributed by atoms with Crippen molar-refractivity contribution in [2.75, 3.05) is 12.0 Å². The Morgan fingerprint density at radius 1 is 0.742 bits per heavy atom. The summed E-state index contributed by atoms with van der Waals surface area (Å²) >= 11 is 0. The first-order chi connectivity index (χ1) is 14.9. The molecule has 0 saturated carbocycles. The van der Waals surface area contributed by atoms with Crippen LogP contribution < -0.4 is 9.64 Å². The maximum absolute atomic E-state index is 5.41. The van der Waals surface area contributed by atoms with Crippen molar-refractivity contribution >= 4 is 24.9 Å². The second-order valence-electron chi connectivity index (χ2n) is 9.18. The molecule has 0 amide bonds. The standard InChI is InChI=1S/C28H31NOSi/c1-21-20-26(22-12-8-6-9-13-22)27(23-14-10-7-11-15-23)28(31(3,4)5)29(21)24-16-18-25(30-2)19-17-24/h6-20,28H,1-5H3/t28-/m1/s1. The fourth-order valence-corrected chi connectivity index (χ4v) is 6.86. The van der Waals surface area contributed by atoms with Crippen LogP contribution in [-0.4, -0.2) is 20.8 Å². The minimum atomic E-state index is -1.69. The van der Waals surface area contributed by atoms with Crippen LogP contribution in [0.15, 0.2) is 96.7 Å². The maximum Gasteiger partial charge on any atom is 0.119 e. The van der Waals surface area contributed by atoms with E-state index in [4.69, 9.17) is 4.74 Å². The lowest BCUT2D eigenvalue weighted by Gasteiger charge is -2.46. The topological polar surface area (TPSA) is 12.5 Å². The SMILES string of the molecule is COc1ccc(N2C(C)=CC(c3ccccc3)=C(c3ccccc3)[C@H]2[Si](C)(C)C)cc1. The van der Waals surface area contributed by atoms with Gasteiger partial charge in [0.2, 0.25) is 0 Å². The van der Waals surface area contributed by atoms with E-state index in [1.807, 2.05) is 0 Å². The van der Waals surface area contributed by atoms with E-state index in [-0.39, 0.29) is 0 Å². The normalized spacial score (nSPS) is 16.9. The van der Waals surface area contributed by atoms with Gasteiger partial charge in [0.05, 0.1) is 20.8 Å². The molecule has 0 saturated heterocycles. The quantitative estimate of drug-likeness (QED) is 0.398. The van der Waals surface area contributed by atoms with Gasteiger partial charge in [-0.15, -0.1) is 0 Å². The number of rotatable bonds is 5. The van der Waals surface area contributed by atoms with E-state index in [2.05, 4.69) is 122 Å². The molecule has 3 aromatic rings. The van der Waals surface area contributed by atoms with E-state index in [0.29, 0.717) is 5.67 Å². The first-order valence-electron chi connectivity index (χ1n) is 10.9. The Bertz CT molecular complexity index is 1090. The lowest BCUT2D eigenvalue weighted by Crippen LogP contribution is -2.52. The number of methoxy groups -OCH3 is 1. The Balaban J connectivity index is 1.98. The molecule has 0 bridgehead atoms. The number of nitrogens with zero attached hydrogens (tertiary/aromatic N) is 1. The van der Waals surface area contributed by atoms with Gasteiger partial charge in [-0.2, -0.15) is 0 Å².